The lowest BCUT2D eigenvalue weighted by Gasteiger charge is -2.13. The van der Waals surface area contributed by atoms with Gasteiger partial charge in [-0.15, -0.1) is 0 Å². The van der Waals surface area contributed by atoms with Gasteiger partial charge in [-0.05, 0) is 48.9 Å². The average Bonchev–Trinajstić information content (AvgIpc) is 2.59. The first kappa shape index (κ1) is 17.3. The van der Waals surface area contributed by atoms with Crippen LogP contribution in [0.4, 0.5) is 0 Å². The van der Waals surface area contributed by atoms with Gasteiger partial charge in [-0.2, -0.15) is 0 Å². The lowest BCUT2D eigenvalue weighted by molar-refractivity contribution is 0.112. The van der Waals surface area contributed by atoms with E-state index in [-0.39, 0.29) is 0 Å². The van der Waals surface area contributed by atoms with Crippen molar-refractivity contribution in [2.45, 2.75) is 13.3 Å². The van der Waals surface area contributed by atoms with E-state index in [2.05, 4.69) is 15.9 Å². The van der Waals surface area contributed by atoms with E-state index in [0.717, 1.165) is 22.9 Å². The number of carbonyl (C=O) groups excluding carboxylic acids is 1. The second-order valence-corrected chi connectivity index (χ2v) is 5.74. The molecule has 0 heterocycles. The van der Waals surface area contributed by atoms with Crippen LogP contribution < -0.4 is 14.2 Å². The van der Waals surface area contributed by atoms with Gasteiger partial charge in [0.15, 0.2) is 11.5 Å². The molecule has 0 unspecified atom stereocenters. The van der Waals surface area contributed by atoms with Gasteiger partial charge in [0.1, 0.15) is 25.2 Å². The van der Waals surface area contributed by atoms with Crippen molar-refractivity contribution in [2.24, 2.45) is 0 Å². The monoisotopic (exact) mass is 378 g/mol. The third kappa shape index (κ3) is 5.60. The first-order chi connectivity index (χ1) is 11.2. The second kappa shape index (κ2) is 9.20. The first-order valence-corrected chi connectivity index (χ1v) is 8.25. The standard InChI is InChI=1S/C18H19BrO4/c1-2-9-22-18-12-14(13-20)3-8-17(18)23-11-10-21-16-6-4-15(19)5-7-16/h3-8,12-13H,2,9-11H2,1H3. The van der Waals surface area contributed by atoms with Gasteiger partial charge in [-0.25, -0.2) is 0 Å². The lowest BCUT2D eigenvalue weighted by Crippen LogP contribution is -2.10. The van der Waals surface area contributed by atoms with Crippen LogP contribution in [-0.2, 0) is 0 Å². The number of hydrogen-bond donors (Lipinski definition) is 0. The van der Waals surface area contributed by atoms with E-state index in [1.807, 2.05) is 31.2 Å². The Morgan fingerprint density at radius 1 is 0.913 bits per heavy atom. The number of halogens is 1. The van der Waals surface area contributed by atoms with Gasteiger partial charge in [0, 0.05) is 10.0 Å². The predicted molar refractivity (Wildman–Crippen MR) is 92.7 cm³/mol. The van der Waals surface area contributed by atoms with Gasteiger partial charge < -0.3 is 14.2 Å². The van der Waals surface area contributed by atoms with Crippen molar-refractivity contribution in [2.75, 3.05) is 19.8 Å². The summed E-state index contributed by atoms with van der Waals surface area (Å²) in [6.07, 6.45) is 1.68. The Balaban J connectivity index is 1.88. The minimum absolute atomic E-state index is 0.388. The molecule has 2 aromatic carbocycles. The van der Waals surface area contributed by atoms with Gasteiger partial charge in [0.25, 0.3) is 0 Å². The molecular weight excluding hydrogens is 360 g/mol. The van der Waals surface area contributed by atoms with Gasteiger partial charge in [-0.3, -0.25) is 4.79 Å². The first-order valence-electron chi connectivity index (χ1n) is 7.46. The van der Waals surface area contributed by atoms with Gasteiger partial charge in [0.05, 0.1) is 6.61 Å². The Hall–Kier alpha value is -2.01. The molecule has 0 saturated heterocycles. The van der Waals surface area contributed by atoms with Crippen molar-refractivity contribution < 1.29 is 19.0 Å². The summed E-state index contributed by atoms with van der Waals surface area (Å²) in [5.74, 6) is 1.99. The number of ether oxygens (including phenoxy) is 3. The molecule has 0 aliphatic heterocycles. The summed E-state index contributed by atoms with van der Waals surface area (Å²) in [4.78, 5) is 10.9. The van der Waals surface area contributed by atoms with Gasteiger partial charge in [-0.1, -0.05) is 22.9 Å². The summed E-state index contributed by atoms with van der Waals surface area (Å²) in [5.41, 5.74) is 0.564. The topological polar surface area (TPSA) is 44.8 Å². The molecule has 5 heteroatoms. The largest absolute Gasteiger partial charge is 0.490 e. The van der Waals surface area contributed by atoms with Crippen molar-refractivity contribution in [3.8, 4) is 17.2 Å². The zero-order valence-corrected chi connectivity index (χ0v) is 14.5. The van der Waals surface area contributed by atoms with Crippen molar-refractivity contribution >= 4 is 22.2 Å². The molecule has 0 aliphatic carbocycles. The number of hydrogen-bond acceptors (Lipinski definition) is 4. The zero-order valence-electron chi connectivity index (χ0n) is 13.0. The van der Waals surface area contributed by atoms with Crippen molar-refractivity contribution in [1.82, 2.24) is 0 Å². The molecule has 4 nitrogen and oxygen atoms in total. The molecular formula is C18H19BrO4. The lowest BCUT2D eigenvalue weighted by atomic mass is 10.2. The highest BCUT2D eigenvalue weighted by Gasteiger charge is 2.07. The minimum atomic E-state index is 0.388. The van der Waals surface area contributed by atoms with E-state index >= 15 is 0 Å². The smallest absolute Gasteiger partial charge is 0.161 e. The quantitative estimate of drug-likeness (QED) is 0.475. The maximum absolute atomic E-state index is 10.9. The SMILES string of the molecule is CCCOc1cc(C=O)ccc1OCCOc1ccc(Br)cc1. The predicted octanol–water partition coefficient (Wildman–Crippen LogP) is 4.51. The van der Waals surface area contributed by atoms with Crippen LogP contribution >= 0.6 is 15.9 Å². The minimum Gasteiger partial charge on any atom is -0.490 e. The van der Waals surface area contributed by atoms with E-state index in [0.29, 0.717) is 36.9 Å². The van der Waals surface area contributed by atoms with Crippen LogP contribution in [0.5, 0.6) is 17.2 Å². The second-order valence-electron chi connectivity index (χ2n) is 4.82. The Labute approximate surface area is 144 Å². The molecule has 122 valence electrons. The number of carbonyl (C=O) groups is 1. The maximum atomic E-state index is 10.9. The van der Waals surface area contributed by atoms with Crippen LogP contribution in [0.25, 0.3) is 0 Å². The Morgan fingerprint density at radius 3 is 2.30 bits per heavy atom. The summed E-state index contributed by atoms with van der Waals surface area (Å²) in [5, 5.41) is 0. The highest BCUT2D eigenvalue weighted by atomic mass is 79.9. The van der Waals surface area contributed by atoms with Crippen molar-refractivity contribution in [1.29, 1.82) is 0 Å². The summed E-state index contributed by atoms with van der Waals surface area (Å²) in [7, 11) is 0. The third-order valence-corrected chi connectivity index (χ3v) is 3.52. The zero-order chi connectivity index (χ0) is 16.5. The molecule has 0 radical (unpaired) electrons. The van der Waals surface area contributed by atoms with Crippen molar-refractivity contribution in [3.05, 3.63) is 52.5 Å². The molecule has 0 aliphatic rings. The number of rotatable bonds is 9. The fraction of sp³-hybridized carbons (Fsp3) is 0.278. The van der Waals surface area contributed by atoms with Crippen LogP contribution in [0.3, 0.4) is 0 Å². The molecule has 2 rings (SSSR count). The molecule has 23 heavy (non-hydrogen) atoms. The Kier molecular flexibility index (Phi) is 6.94. The molecule has 0 amide bonds. The summed E-state index contributed by atoms with van der Waals surface area (Å²) in [6.45, 7) is 3.41. The Morgan fingerprint density at radius 2 is 1.61 bits per heavy atom. The Bertz CT molecular complexity index is 625. The average molecular weight is 379 g/mol. The van der Waals surface area contributed by atoms with Crippen LogP contribution in [0.2, 0.25) is 0 Å². The normalized spacial score (nSPS) is 10.2. The summed E-state index contributed by atoms with van der Waals surface area (Å²) < 4.78 is 17.9. The van der Waals surface area contributed by atoms with E-state index < -0.39 is 0 Å². The summed E-state index contributed by atoms with van der Waals surface area (Å²) >= 11 is 3.38. The van der Waals surface area contributed by atoms with Crippen LogP contribution in [0, 0.1) is 0 Å². The molecule has 0 saturated carbocycles. The number of aldehydes is 1. The molecule has 0 aromatic heterocycles. The van der Waals surface area contributed by atoms with Crippen molar-refractivity contribution in [3.63, 3.8) is 0 Å². The third-order valence-electron chi connectivity index (χ3n) is 2.99. The van der Waals surface area contributed by atoms with Crippen LogP contribution in [0.15, 0.2) is 46.9 Å². The molecule has 0 atom stereocenters. The van der Waals surface area contributed by atoms with Crippen LogP contribution in [-0.4, -0.2) is 26.1 Å². The molecule has 0 bridgehead atoms. The summed E-state index contributed by atoms with van der Waals surface area (Å²) in [6, 6.07) is 12.8. The van der Waals surface area contributed by atoms with Gasteiger partial charge >= 0.3 is 0 Å². The number of benzene rings is 2. The maximum Gasteiger partial charge on any atom is 0.161 e. The van der Waals surface area contributed by atoms with E-state index in [4.69, 9.17) is 14.2 Å². The van der Waals surface area contributed by atoms with E-state index in [1.54, 1.807) is 18.2 Å². The molecule has 0 N–H and O–H groups in total. The van der Waals surface area contributed by atoms with E-state index in [1.165, 1.54) is 0 Å². The fourth-order valence-electron chi connectivity index (χ4n) is 1.88. The molecule has 0 spiro atoms. The highest BCUT2D eigenvalue weighted by molar-refractivity contribution is 9.10. The van der Waals surface area contributed by atoms with E-state index in [9.17, 15) is 4.79 Å². The van der Waals surface area contributed by atoms with Gasteiger partial charge in [0.2, 0.25) is 0 Å². The van der Waals surface area contributed by atoms with Crippen LogP contribution in [0.1, 0.15) is 23.7 Å². The molecule has 2 aromatic rings. The fourth-order valence-corrected chi connectivity index (χ4v) is 2.15. The molecule has 0 fully saturated rings. The highest BCUT2D eigenvalue weighted by Crippen LogP contribution is 2.28.